The molecule has 1 atom stereocenters. The lowest BCUT2D eigenvalue weighted by atomic mass is 10.2. The number of esters is 1. The van der Waals surface area contributed by atoms with Crippen LogP contribution in [0.4, 0.5) is 0 Å². The van der Waals surface area contributed by atoms with E-state index in [1.807, 2.05) is 6.07 Å². The molecule has 0 spiro atoms. The van der Waals surface area contributed by atoms with Crippen molar-refractivity contribution >= 4 is 21.9 Å². The number of nitrogens with zero attached hydrogens (tertiary/aromatic N) is 1. The molecule has 1 unspecified atom stereocenters. The highest BCUT2D eigenvalue weighted by atomic mass is 79.9. The molecule has 1 N–H and O–H groups in total. The molecule has 0 fully saturated rings. The quantitative estimate of drug-likeness (QED) is 0.848. The molecule has 5 heteroatoms. The Morgan fingerprint density at radius 1 is 1.67 bits per heavy atom. The zero-order chi connectivity index (χ0) is 11.3. The molecule has 0 aliphatic rings. The lowest BCUT2D eigenvalue weighted by Gasteiger charge is -2.13. The van der Waals surface area contributed by atoms with Crippen molar-refractivity contribution in [1.29, 1.82) is 0 Å². The minimum Gasteiger partial charge on any atom is -0.465 e. The van der Waals surface area contributed by atoms with Gasteiger partial charge in [-0.3, -0.25) is 4.98 Å². The van der Waals surface area contributed by atoms with Crippen molar-refractivity contribution in [1.82, 2.24) is 10.3 Å². The van der Waals surface area contributed by atoms with Crippen molar-refractivity contribution < 1.29 is 9.53 Å². The van der Waals surface area contributed by atoms with E-state index in [1.165, 1.54) is 0 Å². The molecule has 1 rings (SSSR count). The third-order valence-electron chi connectivity index (χ3n) is 1.86. The smallest absolute Gasteiger partial charge is 0.329 e. The largest absolute Gasteiger partial charge is 0.465 e. The first-order valence-corrected chi connectivity index (χ1v) is 5.43. The standard InChI is InChI=1S/C10H13BrN2O2/c1-3-15-10(14)9(12-2)8-5-4-7(11)6-13-8/h4-6,9,12H,3H2,1-2H3. The normalized spacial score (nSPS) is 12.2. The summed E-state index contributed by atoms with van der Waals surface area (Å²) < 4.78 is 5.81. The highest BCUT2D eigenvalue weighted by molar-refractivity contribution is 9.10. The van der Waals surface area contributed by atoms with E-state index < -0.39 is 6.04 Å². The number of hydrogen-bond donors (Lipinski definition) is 1. The second-order valence-electron chi connectivity index (χ2n) is 2.88. The van der Waals surface area contributed by atoms with Crippen molar-refractivity contribution in [3.63, 3.8) is 0 Å². The third kappa shape index (κ3) is 3.28. The van der Waals surface area contributed by atoms with Crippen LogP contribution < -0.4 is 5.32 Å². The average Bonchev–Trinajstić information content (AvgIpc) is 2.22. The van der Waals surface area contributed by atoms with Gasteiger partial charge < -0.3 is 10.1 Å². The second kappa shape index (κ2) is 5.82. The Bertz CT molecular complexity index is 327. The van der Waals surface area contributed by atoms with Crippen molar-refractivity contribution in [2.45, 2.75) is 13.0 Å². The molecule has 0 amide bonds. The van der Waals surface area contributed by atoms with E-state index in [0.717, 1.165) is 4.47 Å². The van der Waals surface area contributed by atoms with Gasteiger partial charge in [-0.15, -0.1) is 0 Å². The molecule has 0 saturated heterocycles. The molecular weight excluding hydrogens is 260 g/mol. The van der Waals surface area contributed by atoms with Crippen LogP contribution >= 0.6 is 15.9 Å². The number of rotatable bonds is 4. The Morgan fingerprint density at radius 2 is 2.40 bits per heavy atom. The summed E-state index contributed by atoms with van der Waals surface area (Å²) >= 11 is 3.29. The van der Waals surface area contributed by atoms with Gasteiger partial charge in [0.05, 0.1) is 12.3 Å². The van der Waals surface area contributed by atoms with Gasteiger partial charge in [-0.25, -0.2) is 4.79 Å². The van der Waals surface area contributed by atoms with Crippen molar-refractivity contribution in [2.75, 3.05) is 13.7 Å². The van der Waals surface area contributed by atoms with E-state index in [0.29, 0.717) is 12.3 Å². The van der Waals surface area contributed by atoms with Crippen LogP contribution in [0.5, 0.6) is 0 Å². The predicted molar refractivity (Wildman–Crippen MR) is 60.4 cm³/mol. The molecule has 1 heterocycles. The number of halogens is 1. The number of nitrogens with one attached hydrogen (secondary N) is 1. The molecular formula is C10H13BrN2O2. The third-order valence-corrected chi connectivity index (χ3v) is 2.33. The van der Waals surface area contributed by atoms with E-state index in [2.05, 4.69) is 26.2 Å². The topological polar surface area (TPSA) is 51.2 Å². The number of carbonyl (C=O) groups is 1. The van der Waals surface area contributed by atoms with E-state index in [4.69, 9.17) is 4.74 Å². The summed E-state index contributed by atoms with van der Waals surface area (Å²) in [6, 6.07) is 3.12. The van der Waals surface area contributed by atoms with Gasteiger partial charge in [0.25, 0.3) is 0 Å². The number of carbonyl (C=O) groups excluding carboxylic acids is 1. The van der Waals surface area contributed by atoms with Crippen molar-refractivity contribution in [3.8, 4) is 0 Å². The van der Waals surface area contributed by atoms with Crippen LogP contribution in [0.2, 0.25) is 0 Å². The Hall–Kier alpha value is -0.940. The van der Waals surface area contributed by atoms with Gasteiger partial charge in [-0.2, -0.15) is 0 Å². The molecule has 0 aliphatic carbocycles. The van der Waals surface area contributed by atoms with Crippen LogP contribution in [0.1, 0.15) is 18.7 Å². The Kier molecular flexibility index (Phi) is 4.71. The summed E-state index contributed by atoms with van der Waals surface area (Å²) in [5, 5.41) is 2.87. The van der Waals surface area contributed by atoms with Crippen molar-refractivity contribution in [2.24, 2.45) is 0 Å². The molecule has 82 valence electrons. The minimum atomic E-state index is -0.502. The summed E-state index contributed by atoms with van der Waals surface area (Å²) in [4.78, 5) is 15.7. The summed E-state index contributed by atoms with van der Waals surface area (Å²) in [6.07, 6.45) is 1.65. The summed E-state index contributed by atoms with van der Waals surface area (Å²) in [5.74, 6) is -0.310. The fourth-order valence-corrected chi connectivity index (χ4v) is 1.40. The zero-order valence-corrected chi connectivity index (χ0v) is 10.2. The molecule has 0 saturated carbocycles. The monoisotopic (exact) mass is 272 g/mol. The summed E-state index contributed by atoms with van der Waals surface area (Å²) in [5.41, 5.74) is 0.652. The molecule has 4 nitrogen and oxygen atoms in total. The van der Waals surface area contributed by atoms with Crippen LogP contribution in [0.25, 0.3) is 0 Å². The molecule has 1 aromatic heterocycles. The first-order valence-electron chi connectivity index (χ1n) is 4.64. The lowest BCUT2D eigenvalue weighted by Crippen LogP contribution is -2.28. The Labute approximate surface area is 97.2 Å². The average molecular weight is 273 g/mol. The maximum Gasteiger partial charge on any atom is 0.329 e. The van der Waals surface area contributed by atoms with Crippen LogP contribution in [0.3, 0.4) is 0 Å². The van der Waals surface area contributed by atoms with E-state index in [1.54, 1.807) is 26.2 Å². The predicted octanol–water partition coefficient (Wildman–Crippen LogP) is 1.67. The second-order valence-corrected chi connectivity index (χ2v) is 3.79. The lowest BCUT2D eigenvalue weighted by molar-refractivity contribution is -0.145. The fraction of sp³-hybridized carbons (Fsp3) is 0.400. The maximum absolute atomic E-state index is 11.5. The van der Waals surface area contributed by atoms with Gasteiger partial charge in [0.2, 0.25) is 0 Å². The van der Waals surface area contributed by atoms with Crippen LogP contribution in [-0.2, 0) is 9.53 Å². The first kappa shape index (κ1) is 12.1. The number of ether oxygens (including phenoxy) is 1. The van der Waals surface area contributed by atoms with Gasteiger partial charge in [0.15, 0.2) is 0 Å². The van der Waals surface area contributed by atoms with Crippen molar-refractivity contribution in [3.05, 3.63) is 28.5 Å². The van der Waals surface area contributed by atoms with Gasteiger partial charge in [0.1, 0.15) is 6.04 Å². The SMILES string of the molecule is CCOC(=O)C(NC)c1ccc(Br)cn1. The van der Waals surface area contributed by atoms with Gasteiger partial charge in [0, 0.05) is 10.7 Å². The molecule has 0 aromatic carbocycles. The van der Waals surface area contributed by atoms with Gasteiger partial charge in [-0.1, -0.05) is 0 Å². The van der Waals surface area contributed by atoms with Gasteiger partial charge >= 0.3 is 5.97 Å². The van der Waals surface area contributed by atoms with E-state index >= 15 is 0 Å². The first-order chi connectivity index (χ1) is 7.19. The number of likely N-dealkylation sites (N-methyl/N-ethyl adjacent to an activating group) is 1. The van der Waals surface area contributed by atoms with Gasteiger partial charge in [-0.05, 0) is 42.0 Å². The Balaban J connectivity index is 2.82. The highest BCUT2D eigenvalue weighted by Gasteiger charge is 2.20. The number of pyridine rings is 1. The molecule has 15 heavy (non-hydrogen) atoms. The van der Waals surface area contributed by atoms with E-state index in [-0.39, 0.29) is 5.97 Å². The molecule has 0 bridgehead atoms. The fourth-order valence-electron chi connectivity index (χ4n) is 1.17. The number of aromatic nitrogens is 1. The molecule has 0 radical (unpaired) electrons. The number of hydrogen-bond acceptors (Lipinski definition) is 4. The summed E-state index contributed by atoms with van der Waals surface area (Å²) in [7, 11) is 1.70. The minimum absolute atomic E-state index is 0.310. The Morgan fingerprint density at radius 3 is 2.87 bits per heavy atom. The summed E-state index contributed by atoms with van der Waals surface area (Å²) in [6.45, 7) is 2.15. The molecule has 1 aromatic rings. The van der Waals surface area contributed by atoms with E-state index in [9.17, 15) is 4.79 Å². The highest BCUT2D eigenvalue weighted by Crippen LogP contribution is 2.14. The van der Waals surface area contributed by atoms with Crippen LogP contribution in [0.15, 0.2) is 22.8 Å². The zero-order valence-electron chi connectivity index (χ0n) is 8.66. The molecule has 0 aliphatic heterocycles. The maximum atomic E-state index is 11.5. The van der Waals surface area contributed by atoms with Crippen LogP contribution in [-0.4, -0.2) is 24.6 Å². The van der Waals surface area contributed by atoms with Crippen LogP contribution in [0, 0.1) is 0 Å².